The molecular formula is C19H33N5O2. The second kappa shape index (κ2) is 10.2. The molecule has 0 amide bonds. The second-order valence-electron chi connectivity index (χ2n) is 6.66. The minimum Gasteiger partial charge on any atom is -0.493 e. The Morgan fingerprint density at radius 2 is 1.92 bits per heavy atom. The summed E-state index contributed by atoms with van der Waals surface area (Å²) >= 11 is 0. The molecule has 1 aromatic carbocycles. The fraction of sp³-hybridized carbons (Fsp3) is 0.632. The van der Waals surface area contributed by atoms with Gasteiger partial charge in [0.2, 0.25) is 0 Å². The van der Waals surface area contributed by atoms with Gasteiger partial charge in [-0.15, -0.1) is 0 Å². The SMILES string of the molecule is CCNC(=NCc1ccc(OC)c(OC)c1)NCC1CN(C)CCN1C. The van der Waals surface area contributed by atoms with Gasteiger partial charge in [-0.05, 0) is 38.7 Å². The van der Waals surface area contributed by atoms with Crippen LogP contribution in [0.4, 0.5) is 0 Å². The Morgan fingerprint density at radius 3 is 2.62 bits per heavy atom. The number of guanidine groups is 1. The van der Waals surface area contributed by atoms with Crippen LogP contribution >= 0.6 is 0 Å². The fourth-order valence-corrected chi connectivity index (χ4v) is 3.03. The van der Waals surface area contributed by atoms with Crippen LogP contribution in [-0.2, 0) is 6.54 Å². The molecule has 1 atom stereocenters. The average molecular weight is 364 g/mol. The molecule has 0 aliphatic carbocycles. The number of rotatable bonds is 7. The average Bonchev–Trinajstić information content (AvgIpc) is 2.66. The lowest BCUT2D eigenvalue weighted by atomic mass is 10.2. The Hall–Kier alpha value is -1.99. The maximum Gasteiger partial charge on any atom is 0.191 e. The largest absolute Gasteiger partial charge is 0.493 e. The molecule has 1 heterocycles. The molecule has 0 aromatic heterocycles. The van der Waals surface area contributed by atoms with Gasteiger partial charge in [-0.3, -0.25) is 4.90 Å². The van der Waals surface area contributed by atoms with Gasteiger partial charge in [-0.25, -0.2) is 4.99 Å². The molecule has 2 rings (SSSR count). The van der Waals surface area contributed by atoms with Crippen molar-refractivity contribution >= 4 is 5.96 Å². The molecular weight excluding hydrogens is 330 g/mol. The van der Waals surface area contributed by atoms with E-state index in [0.717, 1.165) is 55.7 Å². The number of hydrogen-bond acceptors (Lipinski definition) is 5. The molecule has 7 heteroatoms. The Bertz CT molecular complexity index is 593. The predicted octanol–water partition coefficient (Wildman–Crippen LogP) is 1.00. The summed E-state index contributed by atoms with van der Waals surface area (Å²) in [6, 6.07) is 6.38. The van der Waals surface area contributed by atoms with E-state index in [0.29, 0.717) is 12.6 Å². The molecule has 146 valence electrons. The van der Waals surface area contributed by atoms with Gasteiger partial charge < -0.3 is 25.0 Å². The summed E-state index contributed by atoms with van der Waals surface area (Å²) < 4.78 is 10.7. The fourth-order valence-electron chi connectivity index (χ4n) is 3.03. The van der Waals surface area contributed by atoms with E-state index in [1.54, 1.807) is 14.2 Å². The summed E-state index contributed by atoms with van der Waals surface area (Å²) in [6.07, 6.45) is 0. The first kappa shape index (κ1) is 20.3. The van der Waals surface area contributed by atoms with Crippen molar-refractivity contribution in [3.8, 4) is 11.5 Å². The van der Waals surface area contributed by atoms with Gasteiger partial charge in [0.05, 0.1) is 20.8 Å². The lowest BCUT2D eigenvalue weighted by Gasteiger charge is -2.37. The van der Waals surface area contributed by atoms with E-state index in [9.17, 15) is 0 Å². The van der Waals surface area contributed by atoms with Crippen LogP contribution in [0.1, 0.15) is 12.5 Å². The lowest BCUT2D eigenvalue weighted by Crippen LogP contribution is -2.55. The summed E-state index contributed by atoms with van der Waals surface area (Å²) in [7, 11) is 7.65. The number of likely N-dealkylation sites (N-methyl/N-ethyl adjacent to an activating group) is 2. The first-order chi connectivity index (χ1) is 12.6. The summed E-state index contributed by atoms with van der Waals surface area (Å²) in [6.45, 7) is 7.65. The predicted molar refractivity (Wildman–Crippen MR) is 106 cm³/mol. The van der Waals surface area contributed by atoms with Gasteiger partial charge in [-0.2, -0.15) is 0 Å². The van der Waals surface area contributed by atoms with Crippen molar-refractivity contribution in [2.24, 2.45) is 4.99 Å². The highest BCUT2D eigenvalue weighted by Crippen LogP contribution is 2.27. The van der Waals surface area contributed by atoms with Crippen LogP contribution < -0.4 is 20.1 Å². The number of nitrogens with zero attached hydrogens (tertiary/aromatic N) is 3. The Kier molecular flexibility index (Phi) is 8.00. The first-order valence-corrected chi connectivity index (χ1v) is 9.19. The number of hydrogen-bond donors (Lipinski definition) is 2. The van der Waals surface area contributed by atoms with E-state index in [1.807, 2.05) is 18.2 Å². The summed E-state index contributed by atoms with van der Waals surface area (Å²) in [4.78, 5) is 9.49. The third-order valence-electron chi connectivity index (χ3n) is 4.70. The zero-order valence-corrected chi connectivity index (χ0v) is 16.7. The lowest BCUT2D eigenvalue weighted by molar-refractivity contribution is 0.116. The third kappa shape index (κ3) is 5.78. The molecule has 1 fully saturated rings. The normalized spacial score (nSPS) is 19.3. The molecule has 0 spiro atoms. The van der Waals surface area contributed by atoms with E-state index >= 15 is 0 Å². The van der Waals surface area contributed by atoms with Crippen molar-refractivity contribution < 1.29 is 9.47 Å². The maximum absolute atomic E-state index is 5.36. The Balaban J connectivity index is 1.97. The van der Waals surface area contributed by atoms with E-state index in [-0.39, 0.29) is 0 Å². The highest BCUT2D eigenvalue weighted by atomic mass is 16.5. The summed E-state index contributed by atoms with van der Waals surface area (Å²) in [5, 5.41) is 6.80. The highest BCUT2D eigenvalue weighted by molar-refractivity contribution is 5.79. The molecule has 0 bridgehead atoms. The van der Waals surface area contributed by atoms with Crippen LogP contribution in [0.2, 0.25) is 0 Å². The zero-order valence-electron chi connectivity index (χ0n) is 16.7. The number of nitrogens with one attached hydrogen (secondary N) is 2. The smallest absolute Gasteiger partial charge is 0.191 e. The standard InChI is InChI=1S/C19H33N5O2/c1-6-20-19(22-13-16-14-23(2)9-10-24(16)3)21-12-15-7-8-17(25-4)18(11-15)26-5/h7-8,11,16H,6,9-10,12-14H2,1-5H3,(H2,20,21,22). The highest BCUT2D eigenvalue weighted by Gasteiger charge is 2.22. The van der Waals surface area contributed by atoms with Gasteiger partial charge in [0.1, 0.15) is 0 Å². The first-order valence-electron chi connectivity index (χ1n) is 9.19. The summed E-state index contributed by atoms with van der Waals surface area (Å²) in [5.74, 6) is 2.30. The van der Waals surface area contributed by atoms with Crippen LogP contribution in [0.15, 0.2) is 23.2 Å². The number of benzene rings is 1. The van der Waals surface area contributed by atoms with E-state index < -0.39 is 0 Å². The van der Waals surface area contributed by atoms with E-state index in [2.05, 4.69) is 41.5 Å². The molecule has 1 aliphatic heterocycles. The van der Waals surface area contributed by atoms with Crippen molar-refractivity contribution in [2.75, 3.05) is 61.0 Å². The van der Waals surface area contributed by atoms with Crippen LogP contribution in [0, 0.1) is 0 Å². The van der Waals surface area contributed by atoms with Crippen LogP contribution in [0.3, 0.4) is 0 Å². The number of piperazine rings is 1. The minimum absolute atomic E-state index is 0.485. The number of methoxy groups -OCH3 is 2. The molecule has 0 saturated carbocycles. The molecule has 1 aromatic rings. The van der Waals surface area contributed by atoms with Crippen molar-refractivity contribution in [3.63, 3.8) is 0 Å². The van der Waals surface area contributed by atoms with Crippen molar-refractivity contribution in [3.05, 3.63) is 23.8 Å². The van der Waals surface area contributed by atoms with E-state index in [4.69, 9.17) is 14.5 Å². The molecule has 1 saturated heterocycles. The van der Waals surface area contributed by atoms with Crippen LogP contribution in [0.5, 0.6) is 11.5 Å². The maximum atomic E-state index is 5.36. The van der Waals surface area contributed by atoms with Crippen molar-refractivity contribution in [1.82, 2.24) is 20.4 Å². The molecule has 1 aliphatic rings. The number of aliphatic imine (C=N–C) groups is 1. The minimum atomic E-state index is 0.485. The van der Waals surface area contributed by atoms with E-state index in [1.165, 1.54) is 0 Å². The number of ether oxygens (including phenoxy) is 2. The molecule has 26 heavy (non-hydrogen) atoms. The van der Waals surface area contributed by atoms with Crippen LogP contribution in [-0.4, -0.2) is 82.8 Å². The van der Waals surface area contributed by atoms with Crippen molar-refractivity contribution in [1.29, 1.82) is 0 Å². The topological polar surface area (TPSA) is 61.4 Å². The van der Waals surface area contributed by atoms with Gasteiger partial charge in [-0.1, -0.05) is 6.07 Å². The van der Waals surface area contributed by atoms with Gasteiger partial charge in [0.25, 0.3) is 0 Å². The quantitative estimate of drug-likeness (QED) is 0.557. The van der Waals surface area contributed by atoms with Crippen molar-refractivity contribution in [2.45, 2.75) is 19.5 Å². The molecule has 7 nitrogen and oxygen atoms in total. The second-order valence-corrected chi connectivity index (χ2v) is 6.66. The Labute approximate surface area is 157 Å². The monoisotopic (exact) mass is 363 g/mol. The van der Waals surface area contributed by atoms with Gasteiger partial charge in [0, 0.05) is 38.8 Å². The molecule has 0 radical (unpaired) electrons. The van der Waals surface area contributed by atoms with Gasteiger partial charge in [0.15, 0.2) is 17.5 Å². The Morgan fingerprint density at radius 1 is 1.15 bits per heavy atom. The van der Waals surface area contributed by atoms with Gasteiger partial charge >= 0.3 is 0 Å². The third-order valence-corrected chi connectivity index (χ3v) is 4.70. The molecule has 2 N–H and O–H groups in total. The summed E-state index contributed by atoms with van der Waals surface area (Å²) in [5.41, 5.74) is 1.08. The zero-order chi connectivity index (χ0) is 18.9. The van der Waals surface area contributed by atoms with Crippen LogP contribution in [0.25, 0.3) is 0 Å². The molecule has 1 unspecified atom stereocenters.